The summed E-state index contributed by atoms with van der Waals surface area (Å²) in [5.74, 6) is -0.611. The van der Waals surface area contributed by atoms with E-state index < -0.39 is 11.6 Å². The highest BCUT2D eigenvalue weighted by Gasteiger charge is 2.12. The first kappa shape index (κ1) is 14.9. The summed E-state index contributed by atoms with van der Waals surface area (Å²) >= 11 is 3.27. The number of anilines is 1. The fraction of sp³-hybridized carbons (Fsp3) is 0.214. The van der Waals surface area contributed by atoms with Crippen LogP contribution in [0, 0.1) is 11.6 Å². The van der Waals surface area contributed by atoms with Gasteiger partial charge in [-0.1, -0.05) is 12.1 Å². The summed E-state index contributed by atoms with van der Waals surface area (Å²) in [5, 5.41) is 9.12. The molecule has 106 valence electrons. The van der Waals surface area contributed by atoms with Gasteiger partial charge in [0.15, 0.2) is 0 Å². The molecule has 0 amide bonds. The Balaban J connectivity index is 2.25. The third kappa shape index (κ3) is 3.74. The number of hydrogen-bond acceptors (Lipinski definition) is 3. The molecule has 2 rings (SSSR count). The Morgan fingerprint density at radius 1 is 1.20 bits per heavy atom. The normalized spacial score (nSPS) is 10.6. The Hall–Kier alpha value is -1.53. The first-order valence-corrected chi connectivity index (χ1v) is 6.82. The predicted octanol–water partition coefficient (Wildman–Crippen LogP) is 3.12. The van der Waals surface area contributed by atoms with Gasteiger partial charge in [-0.3, -0.25) is 0 Å². The second-order valence-corrected chi connectivity index (χ2v) is 5.01. The van der Waals surface area contributed by atoms with Gasteiger partial charge in [0.25, 0.3) is 0 Å². The number of aliphatic hydroxyl groups is 1. The average Bonchev–Trinajstić information content (AvgIpc) is 2.41. The molecule has 0 aliphatic rings. The maximum Gasteiger partial charge on any atom is 0.131 e. The smallest absolute Gasteiger partial charge is 0.131 e. The largest absolute Gasteiger partial charge is 0.395 e. The summed E-state index contributed by atoms with van der Waals surface area (Å²) in [6, 6.07) is 8.80. The molecule has 0 radical (unpaired) electrons. The van der Waals surface area contributed by atoms with Crippen LogP contribution in [-0.2, 0) is 6.54 Å². The van der Waals surface area contributed by atoms with Gasteiger partial charge in [0.2, 0.25) is 0 Å². The topological polar surface area (TPSA) is 36.4 Å². The van der Waals surface area contributed by atoms with E-state index in [1.807, 2.05) is 0 Å². The van der Waals surface area contributed by atoms with Crippen LogP contribution in [0.5, 0.6) is 0 Å². The number of aromatic nitrogens is 1. The van der Waals surface area contributed by atoms with E-state index in [0.29, 0.717) is 22.5 Å². The van der Waals surface area contributed by atoms with Crippen LogP contribution in [0.4, 0.5) is 14.6 Å². The molecular formula is C14H13BrF2N2O. The number of hydrogen-bond donors (Lipinski definition) is 1. The monoisotopic (exact) mass is 342 g/mol. The molecule has 0 aliphatic carbocycles. The van der Waals surface area contributed by atoms with E-state index in [4.69, 9.17) is 5.11 Å². The summed E-state index contributed by atoms with van der Waals surface area (Å²) in [4.78, 5) is 5.99. The number of benzene rings is 1. The highest BCUT2D eigenvalue weighted by molar-refractivity contribution is 9.10. The van der Waals surface area contributed by atoms with Gasteiger partial charge in [-0.15, -0.1) is 0 Å². The summed E-state index contributed by atoms with van der Waals surface area (Å²) in [7, 11) is 0. The predicted molar refractivity (Wildman–Crippen MR) is 76.4 cm³/mol. The Morgan fingerprint density at radius 3 is 2.65 bits per heavy atom. The third-order valence-electron chi connectivity index (χ3n) is 2.77. The van der Waals surface area contributed by atoms with E-state index in [1.165, 1.54) is 12.1 Å². The van der Waals surface area contributed by atoms with Crippen LogP contribution in [0.25, 0.3) is 0 Å². The Bertz CT molecular complexity index is 595. The Kier molecular flexibility index (Phi) is 5.03. The Morgan fingerprint density at radius 2 is 2.00 bits per heavy atom. The average molecular weight is 343 g/mol. The van der Waals surface area contributed by atoms with Crippen molar-refractivity contribution in [3.8, 4) is 0 Å². The maximum atomic E-state index is 13.7. The zero-order valence-electron chi connectivity index (χ0n) is 10.6. The van der Waals surface area contributed by atoms with Crippen molar-refractivity contribution in [3.63, 3.8) is 0 Å². The van der Waals surface area contributed by atoms with Crippen LogP contribution in [0.3, 0.4) is 0 Å². The minimum absolute atomic E-state index is 0.0863. The molecule has 0 unspecified atom stereocenters. The van der Waals surface area contributed by atoms with Crippen molar-refractivity contribution < 1.29 is 13.9 Å². The van der Waals surface area contributed by atoms with Crippen LogP contribution in [0.1, 0.15) is 5.56 Å². The molecule has 0 saturated heterocycles. The number of rotatable bonds is 5. The van der Waals surface area contributed by atoms with E-state index in [0.717, 1.165) is 6.07 Å². The van der Waals surface area contributed by atoms with E-state index in [-0.39, 0.29) is 13.2 Å². The second kappa shape index (κ2) is 6.76. The van der Waals surface area contributed by atoms with Crippen LogP contribution < -0.4 is 4.90 Å². The molecule has 0 atom stereocenters. The van der Waals surface area contributed by atoms with Crippen molar-refractivity contribution in [2.45, 2.75) is 6.54 Å². The molecule has 0 saturated carbocycles. The third-order valence-corrected chi connectivity index (χ3v) is 3.21. The fourth-order valence-corrected chi connectivity index (χ4v) is 2.16. The molecule has 0 spiro atoms. The molecule has 1 N–H and O–H groups in total. The van der Waals surface area contributed by atoms with Crippen molar-refractivity contribution in [2.24, 2.45) is 0 Å². The minimum atomic E-state index is -0.611. The first-order chi connectivity index (χ1) is 9.60. The van der Waals surface area contributed by atoms with E-state index in [1.54, 1.807) is 23.1 Å². The summed E-state index contributed by atoms with van der Waals surface area (Å²) in [6.45, 7) is 0.424. The van der Waals surface area contributed by atoms with Crippen molar-refractivity contribution >= 4 is 21.7 Å². The SMILES string of the molecule is OCCN(Cc1ccc(F)cc1F)c1cccc(Br)n1. The molecular weight excluding hydrogens is 330 g/mol. The molecule has 3 nitrogen and oxygen atoms in total. The highest BCUT2D eigenvalue weighted by atomic mass is 79.9. The molecule has 1 aromatic carbocycles. The molecule has 0 fully saturated rings. The van der Waals surface area contributed by atoms with Crippen LogP contribution in [0.2, 0.25) is 0 Å². The molecule has 0 bridgehead atoms. The zero-order chi connectivity index (χ0) is 14.5. The van der Waals surface area contributed by atoms with Crippen molar-refractivity contribution in [1.29, 1.82) is 0 Å². The number of nitrogens with zero attached hydrogens (tertiary/aromatic N) is 2. The molecule has 1 heterocycles. The van der Waals surface area contributed by atoms with Crippen LogP contribution in [-0.4, -0.2) is 23.2 Å². The standard InChI is InChI=1S/C14H13BrF2N2O/c15-13-2-1-3-14(18-13)19(6-7-20)9-10-4-5-11(16)8-12(10)17/h1-5,8,20H,6-7,9H2. The fourth-order valence-electron chi connectivity index (χ4n) is 1.82. The van der Waals surface area contributed by atoms with E-state index in [2.05, 4.69) is 20.9 Å². The number of pyridine rings is 1. The molecule has 0 aliphatic heterocycles. The zero-order valence-corrected chi connectivity index (χ0v) is 12.1. The summed E-state index contributed by atoms with van der Waals surface area (Å²) < 4.78 is 27.2. The lowest BCUT2D eigenvalue weighted by molar-refractivity contribution is 0.301. The van der Waals surface area contributed by atoms with E-state index in [9.17, 15) is 8.78 Å². The van der Waals surface area contributed by atoms with Gasteiger partial charge < -0.3 is 10.0 Å². The maximum absolute atomic E-state index is 13.7. The first-order valence-electron chi connectivity index (χ1n) is 6.02. The number of halogens is 3. The van der Waals surface area contributed by atoms with Gasteiger partial charge >= 0.3 is 0 Å². The van der Waals surface area contributed by atoms with E-state index >= 15 is 0 Å². The lowest BCUT2D eigenvalue weighted by Gasteiger charge is -2.23. The highest BCUT2D eigenvalue weighted by Crippen LogP contribution is 2.19. The van der Waals surface area contributed by atoms with Gasteiger partial charge in [0.1, 0.15) is 22.1 Å². The van der Waals surface area contributed by atoms with Gasteiger partial charge in [-0.25, -0.2) is 13.8 Å². The van der Waals surface area contributed by atoms with Gasteiger partial charge in [0.05, 0.1) is 6.61 Å². The number of aliphatic hydroxyl groups excluding tert-OH is 1. The van der Waals surface area contributed by atoms with Gasteiger partial charge in [-0.05, 0) is 34.1 Å². The molecule has 2 aromatic rings. The molecule has 20 heavy (non-hydrogen) atoms. The van der Waals surface area contributed by atoms with Gasteiger partial charge in [0, 0.05) is 24.7 Å². The Labute approximate surface area is 124 Å². The summed E-state index contributed by atoms with van der Waals surface area (Å²) in [5.41, 5.74) is 0.349. The summed E-state index contributed by atoms with van der Waals surface area (Å²) in [6.07, 6.45) is 0. The lowest BCUT2D eigenvalue weighted by Crippen LogP contribution is -2.27. The molecule has 6 heteroatoms. The molecule has 1 aromatic heterocycles. The van der Waals surface area contributed by atoms with Crippen molar-refractivity contribution in [1.82, 2.24) is 4.98 Å². The second-order valence-electron chi connectivity index (χ2n) is 4.20. The van der Waals surface area contributed by atoms with Crippen molar-refractivity contribution in [2.75, 3.05) is 18.1 Å². The van der Waals surface area contributed by atoms with Gasteiger partial charge in [-0.2, -0.15) is 0 Å². The minimum Gasteiger partial charge on any atom is -0.395 e. The lowest BCUT2D eigenvalue weighted by atomic mass is 10.2. The quantitative estimate of drug-likeness (QED) is 0.848. The van der Waals surface area contributed by atoms with Crippen molar-refractivity contribution in [3.05, 3.63) is 58.2 Å². The van der Waals surface area contributed by atoms with Crippen LogP contribution >= 0.6 is 15.9 Å². The van der Waals surface area contributed by atoms with Crippen LogP contribution in [0.15, 0.2) is 41.0 Å².